The molecular weight excluding hydrogens is 188 g/mol. The lowest BCUT2D eigenvalue weighted by molar-refractivity contribution is 0.102. The van der Waals surface area contributed by atoms with E-state index >= 15 is 0 Å². The minimum Gasteiger partial charge on any atom is -0.378 e. The Balaban J connectivity index is 1.76. The molecule has 15 heavy (non-hydrogen) atoms. The average molecular weight is 214 g/mol. The summed E-state index contributed by atoms with van der Waals surface area (Å²) in [5, 5.41) is 3.48. The first-order valence-corrected chi connectivity index (χ1v) is 6.26. The van der Waals surface area contributed by atoms with Crippen molar-refractivity contribution < 1.29 is 4.74 Å². The molecule has 3 heteroatoms. The van der Waals surface area contributed by atoms with Gasteiger partial charge in [-0.25, -0.2) is 0 Å². The third-order valence-corrected chi connectivity index (χ3v) is 2.86. The van der Waals surface area contributed by atoms with Gasteiger partial charge in [-0.2, -0.15) is 0 Å². The van der Waals surface area contributed by atoms with E-state index in [0.29, 0.717) is 6.10 Å². The maximum Gasteiger partial charge on any atom is 0.0576 e. The molecule has 0 aromatic rings. The van der Waals surface area contributed by atoms with Gasteiger partial charge in [0.2, 0.25) is 0 Å². The molecule has 0 saturated carbocycles. The number of nitrogens with one attached hydrogen (secondary N) is 1. The molecule has 1 N–H and O–H groups in total. The van der Waals surface area contributed by atoms with E-state index < -0.39 is 0 Å². The van der Waals surface area contributed by atoms with Crippen LogP contribution in [0.3, 0.4) is 0 Å². The molecule has 0 aromatic heterocycles. The molecule has 0 amide bonds. The van der Waals surface area contributed by atoms with Crippen LogP contribution in [0.4, 0.5) is 0 Å². The van der Waals surface area contributed by atoms with Crippen molar-refractivity contribution in [1.82, 2.24) is 10.2 Å². The molecule has 1 saturated heterocycles. The first-order chi connectivity index (χ1) is 7.29. The maximum absolute atomic E-state index is 5.58. The van der Waals surface area contributed by atoms with E-state index in [2.05, 4.69) is 24.3 Å². The van der Waals surface area contributed by atoms with Gasteiger partial charge in [0, 0.05) is 6.61 Å². The van der Waals surface area contributed by atoms with Gasteiger partial charge in [-0.15, -0.1) is 0 Å². The van der Waals surface area contributed by atoms with E-state index in [1.54, 1.807) is 0 Å². The summed E-state index contributed by atoms with van der Waals surface area (Å²) in [7, 11) is 4.24. The number of rotatable bonds is 8. The van der Waals surface area contributed by atoms with E-state index in [9.17, 15) is 0 Å². The fraction of sp³-hybridized carbons (Fsp3) is 1.00. The first kappa shape index (κ1) is 12.9. The molecular formula is C12H26N2O. The van der Waals surface area contributed by atoms with Gasteiger partial charge in [-0.05, 0) is 65.8 Å². The molecule has 90 valence electrons. The van der Waals surface area contributed by atoms with Gasteiger partial charge < -0.3 is 15.0 Å². The Kier molecular flexibility index (Phi) is 6.98. The molecule has 0 aromatic carbocycles. The molecule has 1 unspecified atom stereocenters. The van der Waals surface area contributed by atoms with Crippen LogP contribution in [-0.4, -0.2) is 51.3 Å². The van der Waals surface area contributed by atoms with E-state index in [0.717, 1.165) is 19.7 Å². The predicted molar refractivity (Wildman–Crippen MR) is 64.2 cm³/mol. The van der Waals surface area contributed by atoms with E-state index in [1.165, 1.54) is 38.6 Å². The van der Waals surface area contributed by atoms with Gasteiger partial charge in [0.15, 0.2) is 0 Å². The normalized spacial score (nSPS) is 21.4. The molecule has 0 radical (unpaired) electrons. The number of hydrogen-bond acceptors (Lipinski definition) is 3. The predicted octanol–water partition coefficient (Wildman–Crippen LogP) is 1.49. The summed E-state index contributed by atoms with van der Waals surface area (Å²) in [6.07, 6.45) is 6.84. The van der Waals surface area contributed by atoms with Crippen LogP contribution in [0.1, 0.15) is 32.1 Å². The second-order valence-corrected chi connectivity index (χ2v) is 4.68. The SMILES string of the molecule is CN(C)CCCNCCCC1CCCO1. The van der Waals surface area contributed by atoms with Crippen LogP contribution in [-0.2, 0) is 4.74 Å². The minimum atomic E-state index is 0.563. The van der Waals surface area contributed by atoms with Crippen LogP contribution in [0.25, 0.3) is 0 Å². The quantitative estimate of drug-likeness (QED) is 0.620. The lowest BCUT2D eigenvalue weighted by Crippen LogP contribution is -2.22. The van der Waals surface area contributed by atoms with Crippen LogP contribution < -0.4 is 5.32 Å². The van der Waals surface area contributed by atoms with Crippen molar-refractivity contribution in [3.05, 3.63) is 0 Å². The highest BCUT2D eigenvalue weighted by Crippen LogP contribution is 2.16. The van der Waals surface area contributed by atoms with Crippen molar-refractivity contribution in [1.29, 1.82) is 0 Å². The van der Waals surface area contributed by atoms with Gasteiger partial charge in [-0.3, -0.25) is 0 Å². The Morgan fingerprint density at radius 2 is 2.07 bits per heavy atom. The van der Waals surface area contributed by atoms with Crippen molar-refractivity contribution in [3.8, 4) is 0 Å². The number of hydrogen-bond donors (Lipinski definition) is 1. The molecule has 3 nitrogen and oxygen atoms in total. The van der Waals surface area contributed by atoms with Crippen molar-refractivity contribution in [2.45, 2.75) is 38.2 Å². The number of ether oxygens (including phenoxy) is 1. The van der Waals surface area contributed by atoms with E-state index in [1.807, 2.05) is 0 Å². The molecule has 1 atom stereocenters. The van der Waals surface area contributed by atoms with Crippen LogP contribution in [0.5, 0.6) is 0 Å². The van der Waals surface area contributed by atoms with Crippen LogP contribution in [0, 0.1) is 0 Å². The molecule has 1 aliphatic heterocycles. The summed E-state index contributed by atoms with van der Waals surface area (Å²) in [6.45, 7) is 4.46. The Morgan fingerprint density at radius 3 is 2.73 bits per heavy atom. The van der Waals surface area contributed by atoms with Crippen molar-refractivity contribution >= 4 is 0 Å². The van der Waals surface area contributed by atoms with Gasteiger partial charge in [0.25, 0.3) is 0 Å². The summed E-state index contributed by atoms with van der Waals surface area (Å²) in [6, 6.07) is 0. The van der Waals surface area contributed by atoms with Gasteiger partial charge >= 0.3 is 0 Å². The zero-order chi connectivity index (χ0) is 10.9. The van der Waals surface area contributed by atoms with Crippen LogP contribution >= 0.6 is 0 Å². The fourth-order valence-corrected chi connectivity index (χ4v) is 1.97. The lowest BCUT2D eigenvalue weighted by atomic mass is 10.1. The Labute approximate surface area is 94.2 Å². The third kappa shape index (κ3) is 6.88. The van der Waals surface area contributed by atoms with Crippen LogP contribution in [0.15, 0.2) is 0 Å². The van der Waals surface area contributed by atoms with Gasteiger partial charge in [0.05, 0.1) is 6.10 Å². The van der Waals surface area contributed by atoms with Crippen molar-refractivity contribution in [3.63, 3.8) is 0 Å². The van der Waals surface area contributed by atoms with E-state index in [4.69, 9.17) is 4.74 Å². The van der Waals surface area contributed by atoms with Crippen LogP contribution in [0.2, 0.25) is 0 Å². The largest absolute Gasteiger partial charge is 0.378 e. The zero-order valence-electron chi connectivity index (χ0n) is 10.3. The molecule has 1 rings (SSSR count). The minimum absolute atomic E-state index is 0.563. The second kappa shape index (κ2) is 8.08. The summed E-state index contributed by atoms with van der Waals surface area (Å²) in [5.41, 5.74) is 0. The highest BCUT2D eigenvalue weighted by atomic mass is 16.5. The standard InChI is InChI=1S/C12H26N2O/c1-14(2)10-5-9-13-8-3-6-12-7-4-11-15-12/h12-13H,3-11H2,1-2H3. The van der Waals surface area contributed by atoms with E-state index in [-0.39, 0.29) is 0 Å². The second-order valence-electron chi connectivity index (χ2n) is 4.68. The Morgan fingerprint density at radius 1 is 1.27 bits per heavy atom. The molecule has 1 heterocycles. The summed E-state index contributed by atoms with van der Waals surface area (Å²) in [4.78, 5) is 2.23. The smallest absolute Gasteiger partial charge is 0.0576 e. The summed E-state index contributed by atoms with van der Waals surface area (Å²) in [5.74, 6) is 0. The van der Waals surface area contributed by atoms with Gasteiger partial charge in [0.1, 0.15) is 0 Å². The van der Waals surface area contributed by atoms with Gasteiger partial charge in [-0.1, -0.05) is 0 Å². The fourth-order valence-electron chi connectivity index (χ4n) is 1.97. The lowest BCUT2D eigenvalue weighted by Gasteiger charge is -2.11. The highest BCUT2D eigenvalue weighted by molar-refractivity contribution is 4.65. The Hall–Kier alpha value is -0.120. The third-order valence-electron chi connectivity index (χ3n) is 2.86. The number of nitrogens with zero attached hydrogens (tertiary/aromatic N) is 1. The topological polar surface area (TPSA) is 24.5 Å². The molecule has 0 spiro atoms. The summed E-state index contributed by atoms with van der Waals surface area (Å²) >= 11 is 0. The van der Waals surface area contributed by atoms with Crippen molar-refractivity contribution in [2.75, 3.05) is 40.3 Å². The molecule has 0 aliphatic carbocycles. The average Bonchev–Trinajstić information content (AvgIpc) is 2.68. The van der Waals surface area contributed by atoms with Crippen molar-refractivity contribution in [2.24, 2.45) is 0 Å². The molecule has 0 bridgehead atoms. The zero-order valence-corrected chi connectivity index (χ0v) is 10.3. The highest BCUT2D eigenvalue weighted by Gasteiger charge is 2.13. The summed E-state index contributed by atoms with van der Waals surface area (Å²) < 4.78 is 5.58. The Bertz CT molecular complexity index is 145. The molecule has 1 fully saturated rings. The monoisotopic (exact) mass is 214 g/mol. The molecule has 1 aliphatic rings. The first-order valence-electron chi connectivity index (χ1n) is 6.26. The maximum atomic E-state index is 5.58.